The van der Waals surface area contributed by atoms with Crippen LogP contribution in [0.4, 0.5) is 0 Å². The molecule has 0 saturated carbocycles. The molecule has 158 valence electrons. The van der Waals surface area contributed by atoms with E-state index < -0.39 is 0 Å². The van der Waals surface area contributed by atoms with Crippen molar-refractivity contribution in [3.05, 3.63) is 35.9 Å². The molecule has 7 nitrogen and oxygen atoms in total. The van der Waals surface area contributed by atoms with Crippen LogP contribution in [0.1, 0.15) is 37.7 Å². The van der Waals surface area contributed by atoms with Gasteiger partial charge in [-0.05, 0) is 37.8 Å². The molecule has 0 bridgehead atoms. The summed E-state index contributed by atoms with van der Waals surface area (Å²) < 4.78 is 0. The fourth-order valence-corrected chi connectivity index (χ4v) is 4.81. The highest BCUT2D eigenvalue weighted by molar-refractivity contribution is 5.79. The lowest BCUT2D eigenvalue weighted by atomic mass is 9.94. The van der Waals surface area contributed by atoms with Crippen molar-refractivity contribution in [1.82, 2.24) is 26.0 Å². The van der Waals surface area contributed by atoms with Gasteiger partial charge >= 0.3 is 0 Å². The van der Waals surface area contributed by atoms with Gasteiger partial charge in [0.1, 0.15) is 0 Å². The highest BCUT2D eigenvalue weighted by Gasteiger charge is 2.33. The van der Waals surface area contributed by atoms with Crippen LogP contribution < -0.4 is 16.2 Å². The number of hydrogen-bond acceptors (Lipinski definition) is 5. The van der Waals surface area contributed by atoms with Crippen LogP contribution in [0.25, 0.3) is 0 Å². The number of piperidine rings is 2. The van der Waals surface area contributed by atoms with E-state index in [9.17, 15) is 9.59 Å². The Morgan fingerprint density at radius 1 is 1.10 bits per heavy atom. The number of nitrogens with one attached hydrogen (secondary N) is 3. The quantitative estimate of drug-likeness (QED) is 0.685. The van der Waals surface area contributed by atoms with Crippen molar-refractivity contribution in [3.8, 4) is 0 Å². The first-order chi connectivity index (χ1) is 14.2. The molecule has 2 atom stereocenters. The molecule has 2 amide bonds. The lowest BCUT2D eigenvalue weighted by Gasteiger charge is -2.40. The lowest BCUT2D eigenvalue weighted by molar-refractivity contribution is -0.129. The van der Waals surface area contributed by atoms with Crippen LogP contribution in [0.5, 0.6) is 0 Å². The molecule has 3 fully saturated rings. The summed E-state index contributed by atoms with van der Waals surface area (Å²) in [5, 5.41) is 3.32. The summed E-state index contributed by atoms with van der Waals surface area (Å²) >= 11 is 0. The SMILES string of the molecule is O=C1CC(N2CCCC(C(=O)NC3CCN(Cc4ccccc4)CC3)C2)CNN1. The Kier molecular flexibility index (Phi) is 6.79. The van der Waals surface area contributed by atoms with E-state index in [2.05, 4.69) is 56.3 Å². The largest absolute Gasteiger partial charge is 0.353 e. The van der Waals surface area contributed by atoms with Crippen molar-refractivity contribution in [2.45, 2.75) is 50.7 Å². The van der Waals surface area contributed by atoms with E-state index in [1.807, 2.05) is 0 Å². The van der Waals surface area contributed by atoms with E-state index in [4.69, 9.17) is 0 Å². The normalized spacial score (nSPS) is 27.4. The number of carbonyl (C=O) groups is 2. The van der Waals surface area contributed by atoms with Gasteiger partial charge in [-0.15, -0.1) is 0 Å². The van der Waals surface area contributed by atoms with Gasteiger partial charge in [-0.1, -0.05) is 30.3 Å². The van der Waals surface area contributed by atoms with Crippen LogP contribution >= 0.6 is 0 Å². The van der Waals surface area contributed by atoms with Crippen molar-refractivity contribution in [2.75, 3.05) is 32.7 Å². The average Bonchev–Trinajstić information content (AvgIpc) is 2.76. The molecule has 2 unspecified atom stereocenters. The summed E-state index contributed by atoms with van der Waals surface area (Å²) in [6, 6.07) is 11.1. The third-order valence-corrected chi connectivity index (χ3v) is 6.51. The number of likely N-dealkylation sites (tertiary alicyclic amines) is 2. The van der Waals surface area contributed by atoms with E-state index in [1.54, 1.807) is 0 Å². The third kappa shape index (κ3) is 5.56. The topological polar surface area (TPSA) is 76.7 Å². The molecule has 0 aromatic heterocycles. The Balaban J connectivity index is 1.22. The van der Waals surface area contributed by atoms with Crippen molar-refractivity contribution >= 4 is 11.8 Å². The van der Waals surface area contributed by atoms with Gasteiger partial charge in [0, 0.05) is 51.2 Å². The first kappa shape index (κ1) is 20.3. The fourth-order valence-electron chi connectivity index (χ4n) is 4.81. The van der Waals surface area contributed by atoms with Crippen molar-refractivity contribution in [3.63, 3.8) is 0 Å². The summed E-state index contributed by atoms with van der Waals surface area (Å²) in [4.78, 5) is 29.3. The molecule has 7 heteroatoms. The van der Waals surface area contributed by atoms with Crippen LogP contribution in [0.15, 0.2) is 30.3 Å². The smallest absolute Gasteiger partial charge is 0.235 e. The number of nitrogens with zero attached hydrogens (tertiary/aromatic N) is 2. The highest BCUT2D eigenvalue weighted by atomic mass is 16.2. The molecule has 3 N–H and O–H groups in total. The van der Waals surface area contributed by atoms with Gasteiger partial charge in [0.05, 0.1) is 5.92 Å². The maximum Gasteiger partial charge on any atom is 0.235 e. The van der Waals surface area contributed by atoms with Gasteiger partial charge in [0.15, 0.2) is 0 Å². The van der Waals surface area contributed by atoms with E-state index in [1.165, 1.54) is 5.56 Å². The molecule has 3 aliphatic heterocycles. The Morgan fingerprint density at radius 3 is 2.66 bits per heavy atom. The van der Waals surface area contributed by atoms with Gasteiger partial charge in [0.2, 0.25) is 11.8 Å². The van der Waals surface area contributed by atoms with Crippen LogP contribution in [0.3, 0.4) is 0 Å². The minimum atomic E-state index is 0.0371. The number of hydrazine groups is 1. The number of carbonyl (C=O) groups excluding carboxylic acids is 2. The van der Waals surface area contributed by atoms with Gasteiger partial charge in [-0.3, -0.25) is 24.8 Å². The molecular weight excluding hydrogens is 366 g/mol. The highest BCUT2D eigenvalue weighted by Crippen LogP contribution is 2.22. The number of amides is 2. The second kappa shape index (κ2) is 9.69. The third-order valence-electron chi connectivity index (χ3n) is 6.51. The Labute approximate surface area is 173 Å². The number of benzene rings is 1. The molecule has 29 heavy (non-hydrogen) atoms. The van der Waals surface area contributed by atoms with Crippen molar-refractivity contribution in [1.29, 1.82) is 0 Å². The van der Waals surface area contributed by atoms with Gasteiger partial charge in [-0.25, -0.2) is 5.43 Å². The monoisotopic (exact) mass is 399 g/mol. The molecule has 3 aliphatic rings. The minimum absolute atomic E-state index is 0.0371. The predicted molar refractivity (Wildman–Crippen MR) is 112 cm³/mol. The summed E-state index contributed by atoms with van der Waals surface area (Å²) in [5.41, 5.74) is 6.98. The predicted octanol–water partition coefficient (Wildman–Crippen LogP) is 0.872. The maximum atomic E-state index is 12.9. The van der Waals surface area contributed by atoms with Crippen molar-refractivity contribution in [2.24, 2.45) is 5.92 Å². The Hall–Kier alpha value is -1.96. The van der Waals surface area contributed by atoms with E-state index in [0.29, 0.717) is 6.42 Å². The summed E-state index contributed by atoms with van der Waals surface area (Å²) in [6.45, 7) is 5.53. The first-order valence-corrected chi connectivity index (χ1v) is 11.0. The van der Waals surface area contributed by atoms with Gasteiger partial charge < -0.3 is 5.32 Å². The van der Waals surface area contributed by atoms with Crippen LogP contribution in [0, 0.1) is 5.92 Å². The van der Waals surface area contributed by atoms with Crippen LogP contribution in [-0.2, 0) is 16.1 Å². The zero-order valence-electron chi connectivity index (χ0n) is 17.1. The summed E-state index contributed by atoms with van der Waals surface area (Å²) in [7, 11) is 0. The average molecular weight is 400 g/mol. The molecule has 4 rings (SSSR count). The van der Waals surface area contributed by atoms with Crippen molar-refractivity contribution < 1.29 is 9.59 Å². The molecule has 0 aliphatic carbocycles. The fraction of sp³-hybridized carbons (Fsp3) is 0.636. The minimum Gasteiger partial charge on any atom is -0.353 e. The summed E-state index contributed by atoms with van der Waals surface area (Å²) in [6.07, 6.45) is 4.51. The van der Waals surface area contributed by atoms with Gasteiger partial charge in [-0.2, -0.15) is 0 Å². The molecule has 3 saturated heterocycles. The molecule has 1 aromatic carbocycles. The number of rotatable bonds is 5. The molecular formula is C22H33N5O2. The zero-order chi connectivity index (χ0) is 20.1. The molecule has 1 aromatic rings. The van der Waals surface area contributed by atoms with Crippen LogP contribution in [-0.4, -0.2) is 66.4 Å². The first-order valence-electron chi connectivity index (χ1n) is 11.0. The lowest BCUT2D eigenvalue weighted by Crippen LogP contribution is -2.58. The second-order valence-corrected chi connectivity index (χ2v) is 8.67. The Morgan fingerprint density at radius 2 is 1.90 bits per heavy atom. The van der Waals surface area contributed by atoms with E-state index in [0.717, 1.165) is 65.0 Å². The van der Waals surface area contributed by atoms with Crippen LogP contribution in [0.2, 0.25) is 0 Å². The number of hydrogen-bond donors (Lipinski definition) is 3. The second-order valence-electron chi connectivity index (χ2n) is 8.67. The van der Waals surface area contributed by atoms with E-state index in [-0.39, 0.29) is 29.8 Å². The van der Waals surface area contributed by atoms with Gasteiger partial charge in [0.25, 0.3) is 0 Å². The molecule has 0 radical (unpaired) electrons. The molecule has 0 spiro atoms. The maximum absolute atomic E-state index is 12.9. The summed E-state index contributed by atoms with van der Waals surface area (Å²) in [5.74, 6) is 0.274. The van der Waals surface area contributed by atoms with E-state index >= 15 is 0 Å². The standard InChI is InChI=1S/C22H33N5O2/c28-21-13-20(14-23-25-21)27-10-4-7-18(16-27)22(29)24-19-8-11-26(12-9-19)15-17-5-2-1-3-6-17/h1-3,5-6,18-20,23H,4,7-16H2,(H,24,29)(H,25,28). The zero-order valence-corrected chi connectivity index (χ0v) is 17.1. The molecule has 3 heterocycles. The Bertz CT molecular complexity index is 690.